The summed E-state index contributed by atoms with van der Waals surface area (Å²) in [5.41, 5.74) is 0. The van der Waals surface area contributed by atoms with Crippen LogP contribution in [0.4, 0.5) is 0 Å². The normalized spacial score (nSPS) is 12.5. The number of nitrogens with one attached hydrogen (secondary N) is 1. The zero-order valence-electron chi connectivity index (χ0n) is 9.34. The average Bonchev–Trinajstić information content (AvgIpc) is 2.17. The summed E-state index contributed by atoms with van der Waals surface area (Å²) in [4.78, 5) is 11.4. The van der Waals surface area contributed by atoms with Crippen molar-refractivity contribution < 1.29 is 9.53 Å². The summed E-state index contributed by atoms with van der Waals surface area (Å²) in [5, 5.41) is 3.14. The molecule has 0 spiro atoms. The minimum absolute atomic E-state index is 0.119. The van der Waals surface area contributed by atoms with Gasteiger partial charge < -0.3 is 10.1 Å². The van der Waals surface area contributed by atoms with Gasteiger partial charge in [-0.2, -0.15) is 11.8 Å². The Morgan fingerprint density at radius 1 is 1.43 bits per heavy atom. The molecular formula is C10H21NO2S. The lowest BCUT2D eigenvalue weighted by atomic mass is 10.2. The second-order valence-electron chi connectivity index (χ2n) is 2.85. The molecular weight excluding hydrogens is 198 g/mol. The van der Waals surface area contributed by atoms with Gasteiger partial charge in [0.25, 0.3) is 0 Å². The molecule has 3 nitrogen and oxygen atoms in total. The Morgan fingerprint density at radius 2 is 2.14 bits per heavy atom. The molecule has 0 aromatic carbocycles. The molecule has 0 amide bonds. The van der Waals surface area contributed by atoms with Gasteiger partial charge in [-0.05, 0) is 31.4 Å². The molecule has 0 radical (unpaired) electrons. The number of thioether (sulfide) groups is 1. The lowest BCUT2D eigenvalue weighted by molar-refractivity contribution is -0.145. The molecule has 0 saturated carbocycles. The summed E-state index contributed by atoms with van der Waals surface area (Å²) in [6.07, 6.45) is 0.852. The fourth-order valence-corrected chi connectivity index (χ4v) is 1.83. The van der Waals surface area contributed by atoms with Crippen LogP contribution in [0.15, 0.2) is 0 Å². The first-order valence-corrected chi connectivity index (χ1v) is 6.39. The van der Waals surface area contributed by atoms with Crippen molar-refractivity contribution in [3.8, 4) is 0 Å². The third kappa shape index (κ3) is 6.27. The second-order valence-corrected chi connectivity index (χ2v) is 4.24. The summed E-state index contributed by atoms with van der Waals surface area (Å²) in [5.74, 6) is 1.99. The molecule has 4 heteroatoms. The quantitative estimate of drug-likeness (QED) is 0.498. The van der Waals surface area contributed by atoms with Gasteiger partial charge in [0.05, 0.1) is 6.61 Å². The predicted octanol–water partition coefficient (Wildman–Crippen LogP) is 1.67. The van der Waals surface area contributed by atoms with Crippen LogP contribution < -0.4 is 5.32 Å². The molecule has 0 fully saturated rings. The zero-order chi connectivity index (χ0) is 10.8. The van der Waals surface area contributed by atoms with Crippen molar-refractivity contribution in [2.75, 3.05) is 24.7 Å². The van der Waals surface area contributed by atoms with Crippen molar-refractivity contribution in [1.29, 1.82) is 0 Å². The Morgan fingerprint density at radius 3 is 2.64 bits per heavy atom. The summed E-state index contributed by atoms with van der Waals surface area (Å²) in [7, 11) is 0. The minimum atomic E-state index is -0.126. The van der Waals surface area contributed by atoms with Gasteiger partial charge in [-0.3, -0.25) is 4.79 Å². The second kappa shape index (κ2) is 9.34. The zero-order valence-corrected chi connectivity index (χ0v) is 10.2. The topological polar surface area (TPSA) is 38.3 Å². The number of ether oxygens (including phenoxy) is 1. The van der Waals surface area contributed by atoms with E-state index in [0.29, 0.717) is 6.61 Å². The van der Waals surface area contributed by atoms with Crippen molar-refractivity contribution >= 4 is 17.7 Å². The van der Waals surface area contributed by atoms with E-state index >= 15 is 0 Å². The smallest absolute Gasteiger partial charge is 0.323 e. The fourth-order valence-electron chi connectivity index (χ4n) is 1.14. The highest BCUT2D eigenvalue weighted by atomic mass is 32.2. The van der Waals surface area contributed by atoms with Crippen LogP contribution in [0.25, 0.3) is 0 Å². The van der Waals surface area contributed by atoms with Gasteiger partial charge in [0.15, 0.2) is 0 Å². The molecule has 0 saturated heterocycles. The standard InChI is InChI=1S/C10H21NO2S/c1-4-11-9(7-8-14-6-3)10(12)13-5-2/h9,11H,4-8H2,1-3H3. The maximum atomic E-state index is 11.4. The molecule has 0 aliphatic carbocycles. The molecule has 1 unspecified atom stereocenters. The van der Waals surface area contributed by atoms with E-state index in [1.165, 1.54) is 0 Å². The van der Waals surface area contributed by atoms with Crippen LogP contribution in [0.3, 0.4) is 0 Å². The van der Waals surface area contributed by atoms with E-state index in [-0.39, 0.29) is 12.0 Å². The SMILES string of the molecule is CCNC(CCSCC)C(=O)OCC. The number of hydrogen-bond acceptors (Lipinski definition) is 4. The lowest BCUT2D eigenvalue weighted by Gasteiger charge is -2.15. The number of esters is 1. The molecule has 0 rings (SSSR count). The van der Waals surface area contributed by atoms with Crippen molar-refractivity contribution in [3.63, 3.8) is 0 Å². The molecule has 0 bridgehead atoms. The van der Waals surface area contributed by atoms with Crippen LogP contribution in [-0.4, -0.2) is 36.7 Å². The van der Waals surface area contributed by atoms with E-state index in [4.69, 9.17) is 4.74 Å². The van der Waals surface area contributed by atoms with E-state index in [9.17, 15) is 4.79 Å². The van der Waals surface area contributed by atoms with Crippen LogP contribution in [0.2, 0.25) is 0 Å². The van der Waals surface area contributed by atoms with Gasteiger partial charge >= 0.3 is 5.97 Å². The molecule has 0 aliphatic rings. The average molecular weight is 219 g/mol. The number of carbonyl (C=O) groups is 1. The largest absolute Gasteiger partial charge is 0.465 e. The minimum Gasteiger partial charge on any atom is -0.465 e. The Kier molecular flexibility index (Phi) is 9.19. The maximum absolute atomic E-state index is 11.4. The van der Waals surface area contributed by atoms with Gasteiger partial charge in [0.2, 0.25) is 0 Å². The van der Waals surface area contributed by atoms with Crippen LogP contribution in [0, 0.1) is 0 Å². The maximum Gasteiger partial charge on any atom is 0.323 e. The van der Waals surface area contributed by atoms with Gasteiger partial charge in [0, 0.05) is 0 Å². The van der Waals surface area contributed by atoms with Gasteiger partial charge in [-0.1, -0.05) is 13.8 Å². The first-order valence-electron chi connectivity index (χ1n) is 5.23. The summed E-state index contributed by atoms with van der Waals surface area (Å²) in [6, 6.07) is -0.126. The van der Waals surface area contributed by atoms with Gasteiger partial charge in [-0.15, -0.1) is 0 Å². The first-order chi connectivity index (χ1) is 6.76. The van der Waals surface area contributed by atoms with Crippen molar-refractivity contribution in [1.82, 2.24) is 5.32 Å². The lowest BCUT2D eigenvalue weighted by Crippen LogP contribution is -2.38. The van der Waals surface area contributed by atoms with Crippen LogP contribution in [0.5, 0.6) is 0 Å². The summed E-state index contributed by atoms with van der Waals surface area (Å²) >= 11 is 1.85. The highest BCUT2D eigenvalue weighted by molar-refractivity contribution is 7.99. The van der Waals surface area contributed by atoms with Crippen LogP contribution in [0.1, 0.15) is 27.2 Å². The molecule has 0 aromatic heterocycles. The number of hydrogen-bond donors (Lipinski definition) is 1. The molecule has 0 aromatic rings. The van der Waals surface area contributed by atoms with Crippen molar-refractivity contribution in [3.05, 3.63) is 0 Å². The summed E-state index contributed by atoms with van der Waals surface area (Å²) in [6.45, 7) is 7.22. The summed E-state index contributed by atoms with van der Waals surface area (Å²) < 4.78 is 4.98. The van der Waals surface area contributed by atoms with Crippen molar-refractivity contribution in [2.24, 2.45) is 0 Å². The number of likely N-dealkylation sites (N-methyl/N-ethyl adjacent to an activating group) is 1. The highest BCUT2D eigenvalue weighted by Gasteiger charge is 2.17. The van der Waals surface area contributed by atoms with Crippen LogP contribution in [-0.2, 0) is 9.53 Å². The number of carbonyl (C=O) groups excluding carboxylic acids is 1. The van der Waals surface area contributed by atoms with Crippen molar-refractivity contribution in [2.45, 2.75) is 33.2 Å². The fraction of sp³-hybridized carbons (Fsp3) is 0.900. The van der Waals surface area contributed by atoms with E-state index in [0.717, 1.165) is 24.5 Å². The predicted molar refractivity (Wildman–Crippen MR) is 61.7 cm³/mol. The molecule has 1 N–H and O–H groups in total. The van der Waals surface area contributed by atoms with E-state index in [2.05, 4.69) is 12.2 Å². The monoisotopic (exact) mass is 219 g/mol. The molecule has 1 atom stereocenters. The van der Waals surface area contributed by atoms with Crippen LogP contribution >= 0.6 is 11.8 Å². The van der Waals surface area contributed by atoms with Gasteiger partial charge in [0.1, 0.15) is 6.04 Å². The Labute approximate surface area is 91.0 Å². The van der Waals surface area contributed by atoms with E-state index in [1.54, 1.807) is 0 Å². The van der Waals surface area contributed by atoms with E-state index < -0.39 is 0 Å². The molecule has 84 valence electrons. The Balaban J connectivity index is 3.81. The highest BCUT2D eigenvalue weighted by Crippen LogP contribution is 2.05. The molecule has 0 aliphatic heterocycles. The molecule has 14 heavy (non-hydrogen) atoms. The Hall–Kier alpha value is -0.220. The third-order valence-electron chi connectivity index (χ3n) is 1.78. The number of rotatable bonds is 8. The Bertz CT molecular complexity index is 153. The third-order valence-corrected chi connectivity index (χ3v) is 2.71. The van der Waals surface area contributed by atoms with E-state index in [1.807, 2.05) is 25.6 Å². The molecule has 0 heterocycles. The van der Waals surface area contributed by atoms with Gasteiger partial charge in [-0.25, -0.2) is 0 Å². The first kappa shape index (κ1) is 13.8.